The Kier molecular flexibility index (Phi) is 9.95. The Balaban J connectivity index is 1.31. The van der Waals surface area contributed by atoms with E-state index >= 15 is 0 Å². The minimum Gasteiger partial charge on any atom is -0.350 e. The summed E-state index contributed by atoms with van der Waals surface area (Å²) in [5.74, 6) is -1.05. The van der Waals surface area contributed by atoms with Gasteiger partial charge in [-0.2, -0.15) is 4.72 Å². The first-order valence-electron chi connectivity index (χ1n) is 12.3. The Morgan fingerprint density at radius 3 is 2.56 bits per heavy atom. The quantitative estimate of drug-likeness (QED) is 0.433. The van der Waals surface area contributed by atoms with Crippen LogP contribution in [0.3, 0.4) is 0 Å². The number of piperidine rings is 1. The summed E-state index contributed by atoms with van der Waals surface area (Å²) in [6.45, 7) is 0.947. The first-order chi connectivity index (χ1) is 18.5. The van der Waals surface area contributed by atoms with E-state index in [4.69, 9.17) is 34.8 Å². The van der Waals surface area contributed by atoms with Crippen molar-refractivity contribution in [1.29, 1.82) is 0 Å². The van der Waals surface area contributed by atoms with E-state index in [0.717, 1.165) is 11.8 Å². The summed E-state index contributed by atoms with van der Waals surface area (Å²) in [5, 5.41) is 4.49. The van der Waals surface area contributed by atoms with E-state index in [1.54, 1.807) is 23.1 Å². The summed E-state index contributed by atoms with van der Waals surface area (Å²) in [6.07, 6.45) is 3.79. The van der Waals surface area contributed by atoms with Crippen LogP contribution in [0.1, 0.15) is 40.9 Å². The lowest BCUT2D eigenvalue weighted by Gasteiger charge is -2.34. The lowest BCUT2D eigenvalue weighted by molar-refractivity contribution is -0.143. The van der Waals surface area contributed by atoms with Crippen LogP contribution < -0.4 is 10.0 Å². The highest BCUT2D eigenvalue weighted by molar-refractivity contribution is 7.92. The van der Waals surface area contributed by atoms with Crippen LogP contribution in [0.4, 0.5) is 0 Å². The fourth-order valence-electron chi connectivity index (χ4n) is 4.63. The van der Waals surface area contributed by atoms with Gasteiger partial charge in [0.05, 0.1) is 21.5 Å². The molecule has 1 aromatic heterocycles. The minimum absolute atomic E-state index is 0.159. The molecule has 2 atom stereocenters. The number of likely N-dealkylation sites (tertiary alicyclic amines) is 2. The van der Waals surface area contributed by atoms with Gasteiger partial charge in [-0.05, 0) is 62.1 Å². The lowest BCUT2D eigenvalue weighted by atomic mass is 10.1. The molecule has 2 aliphatic heterocycles. The Hall–Kier alpha value is -2.15. The highest BCUT2D eigenvalue weighted by Gasteiger charge is 2.35. The second-order valence-corrected chi connectivity index (χ2v) is 13.5. The molecule has 2 N–H and O–H groups in total. The van der Waals surface area contributed by atoms with Crippen LogP contribution in [0.5, 0.6) is 0 Å². The lowest BCUT2D eigenvalue weighted by Crippen LogP contribution is -2.55. The van der Waals surface area contributed by atoms with Gasteiger partial charge in [0.15, 0.2) is 0 Å². The molecule has 4 rings (SSSR count). The van der Waals surface area contributed by atoms with Gasteiger partial charge in [0, 0.05) is 41.0 Å². The van der Waals surface area contributed by atoms with Crippen LogP contribution >= 0.6 is 46.1 Å². The van der Waals surface area contributed by atoms with Gasteiger partial charge in [-0.15, -0.1) is 11.3 Å². The number of benzene rings is 1. The molecule has 0 radical (unpaired) electrons. The van der Waals surface area contributed by atoms with Crippen LogP contribution in [0.15, 0.2) is 35.7 Å². The summed E-state index contributed by atoms with van der Waals surface area (Å²) >= 11 is 19.1. The molecule has 0 aliphatic carbocycles. The fraction of sp³-hybridized carbons (Fsp3) is 0.400. The number of halogens is 3. The van der Waals surface area contributed by atoms with Crippen LogP contribution in [0.2, 0.25) is 14.4 Å². The molecular weight excluding hydrogens is 607 g/mol. The number of carbonyl (C=O) groups excluding carboxylic acids is 3. The van der Waals surface area contributed by atoms with Crippen molar-refractivity contribution in [3.8, 4) is 0 Å². The van der Waals surface area contributed by atoms with Crippen LogP contribution in [-0.4, -0.2) is 74.2 Å². The number of amides is 3. The molecule has 14 heteroatoms. The molecule has 2 aliphatic rings. The summed E-state index contributed by atoms with van der Waals surface area (Å²) in [6, 6.07) is 6.79. The molecule has 0 bridgehead atoms. The van der Waals surface area contributed by atoms with Crippen molar-refractivity contribution in [2.75, 3.05) is 26.2 Å². The smallest absolute Gasteiger partial charge is 0.252 e. The molecule has 0 spiro atoms. The zero-order valence-electron chi connectivity index (χ0n) is 20.7. The molecule has 2 fully saturated rings. The minimum atomic E-state index is -3.89. The molecule has 0 unspecified atom stereocenters. The average Bonchev–Trinajstić information content (AvgIpc) is 3.52. The van der Waals surface area contributed by atoms with Crippen molar-refractivity contribution in [1.82, 2.24) is 19.8 Å². The van der Waals surface area contributed by atoms with E-state index in [1.807, 2.05) is 0 Å². The van der Waals surface area contributed by atoms with Crippen molar-refractivity contribution < 1.29 is 22.8 Å². The number of hydrogen-bond donors (Lipinski definition) is 2. The summed E-state index contributed by atoms with van der Waals surface area (Å²) < 4.78 is 28.1. The number of rotatable bonds is 9. The van der Waals surface area contributed by atoms with Gasteiger partial charge in [0.2, 0.25) is 21.8 Å². The van der Waals surface area contributed by atoms with Gasteiger partial charge < -0.3 is 15.1 Å². The Morgan fingerprint density at radius 1 is 1.08 bits per heavy atom. The average molecular weight is 634 g/mol. The molecule has 39 heavy (non-hydrogen) atoms. The second kappa shape index (κ2) is 13.0. The highest BCUT2D eigenvalue weighted by atomic mass is 35.5. The van der Waals surface area contributed by atoms with Crippen LogP contribution in [0, 0.1) is 0 Å². The Bertz CT molecular complexity index is 1380. The number of nitrogens with one attached hydrogen (secondary N) is 2. The number of sulfonamides is 1. The molecule has 210 valence electrons. The van der Waals surface area contributed by atoms with Crippen molar-refractivity contribution in [3.63, 3.8) is 0 Å². The van der Waals surface area contributed by atoms with Gasteiger partial charge in [-0.25, -0.2) is 8.42 Å². The van der Waals surface area contributed by atoms with Crippen molar-refractivity contribution >= 4 is 80.0 Å². The zero-order valence-corrected chi connectivity index (χ0v) is 24.6. The van der Waals surface area contributed by atoms with Crippen molar-refractivity contribution in [2.45, 2.75) is 37.8 Å². The van der Waals surface area contributed by atoms with Gasteiger partial charge in [-0.3, -0.25) is 14.4 Å². The molecule has 2 aromatic rings. The Labute approximate surface area is 246 Å². The third kappa shape index (κ3) is 7.96. The monoisotopic (exact) mass is 632 g/mol. The zero-order chi connectivity index (χ0) is 28.2. The Morgan fingerprint density at radius 2 is 1.85 bits per heavy atom. The standard InChI is InChI=1S/C25H27Cl3N4O5S2/c26-16-5-7-19(20(27)13-16)24(34)29-14-17-3-1-11-32(17)23(33)15-31-10-2-4-21(25(31)35)30-39(36,37)12-9-18-6-8-22(28)38-18/h5-9,12-13,17,21,30H,1-4,10-11,14-15H2,(H,29,34)/t17-,21+/m1/s1. The topological polar surface area (TPSA) is 116 Å². The SMILES string of the molecule is O=C(NC[C@H]1CCCN1C(=O)CN1CCC[C@H](NS(=O)(=O)C=Cc2ccc(Cl)s2)C1=O)c1ccc(Cl)cc1Cl. The van der Waals surface area contributed by atoms with Crippen LogP contribution in [0.25, 0.3) is 6.08 Å². The highest BCUT2D eigenvalue weighted by Crippen LogP contribution is 2.24. The van der Waals surface area contributed by atoms with E-state index in [2.05, 4.69) is 10.0 Å². The van der Waals surface area contributed by atoms with Gasteiger partial charge >= 0.3 is 0 Å². The van der Waals surface area contributed by atoms with Gasteiger partial charge in [-0.1, -0.05) is 34.8 Å². The second-order valence-electron chi connectivity index (χ2n) is 9.28. The van der Waals surface area contributed by atoms with Crippen molar-refractivity contribution in [2.24, 2.45) is 0 Å². The van der Waals surface area contributed by atoms with E-state index in [0.29, 0.717) is 52.2 Å². The maximum absolute atomic E-state index is 13.2. The summed E-state index contributed by atoms with van der Waals surface area (Å²) in [4.78, 5) is 42.5. The largest absolute Gasteiger partial charge is 0.350 e. The van der Waals surface area contributed by atoms with Crippen molar-refractivity contribution in [3.05, 3.63) is 60.6 Å². The van der Waals surface area contributed by atoms with Gasteiger partial charge in [0.25, 0.3) is 5.91 Å². The fourth-order valence-corrected chi connectivity index (χ4v) is 7.19. The third-order valence-corrected chi connectivity index (χ3v) is 9.39. The summed E-state index contributed by atoms with van der Waals surface area (Å²) in [5.41, 5.74) is 0.290. The molecule has 3 amide bonds. The summed E-state index contributed by atoms with van der Waals surface area (Å²) in [7, 11) is -3.89. The molecular formula is C25H27Cl3N4O5S2. The van der Waals surface area contributed by atoms with E-state index in [9.17, 15) is 22.8 Å². The first kappa shape index (κ1) is 29.8. The molecule has 3 heterocycles. The predicted octanol–water partition coefficient (Wildman–Crippen LogP) is 4.01. The third-order valence-electron chi connectivity index (χ3n) is 6.54. The maximum atomic E-state index is 13.2. The van der Waals surface area contributed by atoms with E-state index in [-0.39, 0.29) is 36.0 Å². The number of thiophene rings is 1. The maximum Gasteiger partial charge on any atom is 0.252 e. The molecule has 2 saturated heterocycles. The van der Waals surface area contributed by atoms with Crippen LogP contribution in [-0.2, 0) is 19.6 Å². The molecule has 9 nitrogen and oxygen atoms in total. The molecule has 0 saturated carbocycles. The normalized spacial score (nSPS) is 20.1. The first-order valence-corrected chi connectivity index (χ1v) is 15.8. The predicted molar refractivity (Wildman–Crippen MR) is 154 cm³/mol. The number of hydrogen-bond acceptors (Lipinski definition) is 6. The van der Waals surface area contributed by atoms with Gasteiger partial charge in [0.1, 0.15) is 6.04 Å². The number of carbonyl (C=O) groups is 3. The molecule has 1 aromatic carbocycles. The number of nitrogens with zero attached hydrogens (tertiary/aromatic N) is 2. The van der Waals surface area contributed by atoms with E-state index in [1.165, 1.54) is 34.4 Å². The van der Waals surface area contributed by atoms with E-state index < -0.39 is 22.0 Å².